The number of hydrogen-bond donors (Lipinski definition) is 6. The van der Waals surface area contributed by atoms with Crippen LogP contribution in [0, 0.1) is 0 Å². The molecule has 4 aromatic rings. The molecule has 1 saturated heterocycles. The van der Waals surface area contributed by atoms with E-state index in [-0.39, 0.29) is 17.1 Å². The second-order valence-electron chi connectivity index (χ2n) is 6.16. The van der Waals surface area contributed by atoms with Gasteiger partial charge >= 0.3 is 0 Å². The van der Waals surface area contributed by atoms with E-state index in [1.807, 2.05) is 0 Å². The number of aliphatic hydroxyl groups excluding tert-OH is 3. The molecule has 5 rings (SSSR count). The first-order chi connectivity index (χ1) is 14.0. The number of aromatic amines is 2. The summed E-state index contributed by atoms with van der Waals surface area (Å²) in [5, 5.41) is 28.7. The first kappa shape index (κ1) is 18.9. The fourth-order valence-electron chi connectivity index (χ4n) is 2.93. The zero-order valence-corrected chi connectivity index (χ0v) is 14.7. The van der Waals surface area contributed by atoms with Crippen molar-refractivity contribution in [1.82, 2.24) is 39.5 Å². The second-order valence-corrected chi connectivity index (χ2v) is 6.16. The van der Waals surface area contributed by atoms with Crippen LogP contribution in [0.25, 0.3) is 22.3 Å². The van der Waals surface area contributed by atoms with Gasteiger partial charge in [-0.2, -0.15) is 4.98 Å². The predicted molar refractivity (Wildman–Crippen MR) is 97.3 cm³/mol. The minimum atomic E-state index is -1.29. The Hall–Kier alpha value is -3.46. The van der Waals surface area contributed by atoms with Crippen molar-refractivity contribution in [2.24, 2.45) is 0 Å². The van der Waals surface area contributed by atoms with E-state index < -0.39 is 36.7 Å². The Bertz CT molecular complexity index is 1160. The van der Waals surface area contributed by atoms with Crippen molar-refractivity contribution in [2.45, 2.75) is 24.5 Å². The number of rotatable bonds is 2. The third-order valence-electron chi connectivity index (χ3n) is 4.34. The SMILES string of the molecule is Nc1nc2c(ncn2[C@@H]2O[C@H](CO)[C@@H](O)[C@H]2O)c(=O)[nH]1.c1ncc2nc[nH]c2n1. The lowest BCUT2D eigenvalue weighted by atomic mass is 10.1. The van der Waals surface area contributed by atoms with E-state index in [0.29, 0.717) is 0 Å². The van der Waals surface area contributed by atoms with E-state index in [0.717, 1.165) is 11.2 Å². The summed E-state index contributed by atoms with van der Waals surface area (Å²) in [7, 11) is 0. The van der Waals surface area contributed by atoms with Gasteiger partial charge in [0, 0.05) is 0 Å². The number of H-pyrrole nitrogens is 2. The Morgan fingerprint density at radius 2 is 2.07 bits per heavy atom. The fraction of sp³-hybridized carbons (Fsp3) is 0.333. The van der Waals surface area contributed by atoms with Crippen molar-refractivity contribution in [1.29, 1.82) is 0 Å². The van der Waals surface area contributed by atoms with Crippen LogP contribution in [0.2, 0.25) is 0 Å². The van der Waals surface area contributed by atoms with Crippen molar-refractivity contribution in [2.75, 3.05) is 12.3 Å². The third kappa shape index (κ3) is 3.40. The normalized spacial score (nSPS) is 24.0. The standard InChI is InChI=1S/C10H13N5O5.C5H4N4/c11-10-13-7-4(8(19)14-10)12-2-15(7)9-6(18)5(17)3(1-16)20-9;1-4-5(8-2-6-1)9-3-7-4/h2-3,5-6,9,16-18H,1H2,(H3,11,13,14,19);1-3H,(H,6,7,8,9)/t3-,5-,6-,9-;/m1./s1. The summed E-state index contributed by atoms with van der Waals surface area (Å²) in [5.41, 5.74) is 6.70. The number of nitrogens with two attached hydrogens (primary N) is 1. The lowest BCUT2D eigenvalue weighted by Gasteiger charge is -2.16. The fourth-order valence-corrected chi connectivity index (χ4v) is 2.93. The summed E-state index contributed by atoms with van der Waals surface area (Å²) in [4.78, 5) is 36.3. The van der Waals surface area contributed by atoms with Crippen LogP contribution in [0.3, 0.4) is 0 Å². The number of hydrogen-bond acceptors (Lipinski definition) is 11. The van der Waals surface area contributed by atoms with Gasteiger partial charge in [0.2, 0.25) is 5.95 Å². The Labute approximate surface area is 161 Å². The highest BCUT2D eigenvalue weighted by Crippen LogP contribution is 2.30. The van der Waals surface area contributed by atoms with Gasteiger partial charge < -0.3 is 30.8 Å². The number of nitrogens with one attached hydrogen (secondary N) is 2. The molecule has 0 unspecified atom stereocenters. The number of imidazole rings is 2. The Balaban J connectivity index is 0.000000188. The number of aliphatic hydroxyl groups is 3. The first-order valence-electron chi connectivity index (χ1n) is 8.43. The molecule has 14 nitrogen and oxygen atoms in total. The molecule has 4 atom stereocenters. The van der Waals surface area contributed by atoms with Crippen molar-refractivity contribution >= 4 is 28.3 Å². The van der Waals surface area contributed by atoms with Crippen molar-refractivity contribution in [3.63, 3.8) is 0 Å². The van der Waals surface area contributed by atoms with Crippen molar-refractivity contribution in [3.05, 3.63) is 35.5 Å². The van der Waals surface area contributed by atoms with Gasteiger partial charge in [-0.25, -0.2) is 19.9 Å². The molecule has 7 N–H and O–H groups in total. The molecule has 0 saturated carbocycles. The van der Waals surface area contributed by atoms with Crippen LogP contribution in [0.1, 0.15) is 6.23 Å². The van der Waals surface area contributed by atoms with E-state index in [4.69, 9.17) is 15.6 Å². The quantitative estimate of drug-likeness (QED) is 0.209. The minimum Gasteiger partial charge on any atom is -0.394 e. The lowest BCUT2D eigenvalue weighted by Crippen LogP contribution is -2.33. The van der Waals surface area contributed by atoms with Gasteiger partial charge in [0.05, 0.1) is 25.5 Å². The number of anilines is 1. The summed E-state index contributed by atoms with van der Waals surface area (Å²) in [6.45, 7) is -0.447. The van der Waals surface area contributed by atoms with Crippen molar-refractivity contribution < 1.29 is 20.1 Å². The number of nitrogens with zero attached hydrogens (tertiary/aromatic N) is 6. The summed E-state index contributed by atoms with van der Waals surface area (Å²) in [5.74, 6) is -0.101. The van der Waals surface area contributed by atoms with Crippen LogP contribution in [0.4, 0.5) is 5.95 Å². The maximum Gasteiger partial charge on any atom is 0.280 e. The average Bonchev–Trinajstić information content (AvgIpc) is 3.41. The van der Waals surface area contributed by atoms with Crippen LogP contribution in [-0.2, 0) is 4.74 Å². The van der Waals surface area contributed by atoms with Crippen molar-refractivity contribution in [3.8, 4) is 0 Å². The summed E-state index contributed by atoms with van der Waals surface area (Å²) >= 11 is 0. The molecular weight excluding hydrogens is 386 g/mol. The van der Waals surface area contributed by atoms with Gasteiger partial charge in [0.15, 0.2) is 23.0 Å². The minimum absolute atomic E-state index is 0.0388. The van der Waals surface area contributed by atoms with E-state index in [9.17, 15) is 15.0 Å². The maximum atomic E-state index is 11.7. The summed E-state index contributed by atoms with van der Waals surface area (Å²) < 4.78 is 6.64. The highest BCUT2D eigenvalue weighted by atomic mass is 16.6. The second kappa shape index (κ2) is 7.51. The molecule has 0 amide bonds. The molecule has 152 valence electrons. The van der Waals surface area contributed by atoms with Gasteiger partial charge in [-0.1, -0.05) is 0 Å². The van der Waals surface area contributed by atoms with E-state index in [2.05, 4.69) is 34.9 Å². The Kier molecular flexibility index (Phi) is 4.89. The van der Waals surface area contributed by atoms with Gasteiger partial charge in [-0.05, 0) is 0 Å². The number of aromatic nitrogens is 8. The molecule has 29 heavy (non-hydrogen) atoms. The number of nitrogen functional groups attached to an aromatic ring is 1. The van der Waals surface area contributed by atoms with E-state index in [1.165, 1.54) is 17.2 Å². The van der Waals surface area contributed by atoms with Crippen LogP contribution in [0.15, 0.2) is 30.0 Å². The summed E-state index contributed by atoms with van der Waals surface area (Å²) in [6.07, 6.45) is 1.53. The highest BCUT2D eigenvalue weighted by Gasteiger charge is 2.44. The lowest BCUT2D eigenvalue weighted by molar-refractivity contribution is -0.0511. The smallest absolute Gasteiger partial charge is 0.280 e. The molecule has 1 fully saturated rings. The van der Waals surface area contributed by atoms with Gasteiger partial charge in [0.25, 0.3) is 5.56 Å². The molecule has 5 heterocycles. The zero-order valence-electron chi connectivity index (χ0n) is 14.7. The molecule has 0 radical (unpaired) electrons. The largest absolute Gasteiger partial charge is 0.394 e. The molecule has 14 heteroatoms. The zero-order chi connectivity index (χ0) is 20.5. The topological polar surface area (TPSA) is 214 Å². The molecule has 0 bridgehead atoms. The molecule has 1 aliphatic rings. The Morgan fingerprint density at radius 3 is 2.79 bits per heavy atom. The number of ether oxygens (including phenoxy) is 1. The average molecular weight is 403 g/mol. The predicted octanol–water partition coefficient (Wildman–Crippen LogP) is -2.33. The third-order valence-corrected chi connectivity index (χ3v) is 4.34. The molecule has 4 aromatic heterocycles. The van der Waals surface area contributed by atoms with Gasteiger partial charge in [-0.15, -0.1) is 0 Å². The molecular formula is C15H17N9O5. The highest BCUT2D eigenvalue weighted by molar-refractivity contribution is 5.70. The van der Waals surface area contributed by atoms with Crippen LogP contribution >= 0.6 is 0 Å². The molecule has 0 aromatic carbocycles. The van der Waals surface area contributed by atoms with Gasteiger partial charge in [0.1, 0.15) is 30.2 Å². The monoisotopic (exact) mass is 403 g/mol. The van der Waals surface area contributed by atoms with Crippen LogP contribution in [-0.4, -0.2) is 79.7 Å². The Morgan fingerprint density at radius 1 is 1.24 bits per heavy atom. The molecule has 0 aliphatic carbocycles. The molecule has 0 spiro atoms. The van der Waals surface area contributed by atoms with E-state index in [1.54, 1.807) is 12.5 Å². The first-order valence-corrected chi connectivity index (χ1v) is 8.43. The van der Waals surface area contributed by atoms with Crippen LogP contribution < -0.4 is 11.3 Å². The summed E-state index contributed by atoms with van der Waals surface area (Å²) in [6, 6.07) is 0. The van der Waals surface area contributed by atoms with Gasteiger partial charge in [-0.3, -0.25) is 14.3 Å². The molecule has 1 aliphatic heterocycles. The van der Waals surface area contributed by atoms with Crippen LogP contribution in [0.5, 0.6) is 0 Å². The number of fused-ring (bicyclic) bond motifs is 2. The maximum absolute atomic E-state index is 11.7. The van der Waals surface area contributed by atoms with E-state index >= 15 is 0 Å².